The van der Waals surface area contributed by atoms with Crippen LogP contribution >= 0.6 is 0 Å². The summed E-state index contributed by atoms with van der Waals surface area (Å²) in [6.07, 6.45) is 0. The van der Waals surface area contributed by atoms with Crippen molar-refractivity contribution in [3.05, 3.63) is 35.7 Å². The molecule has 0 saturated carbocycles. The molecule has 2 heterocycles. The molecule has 0 bridgehead atoms. The maximum absolute atomic E-state index is 4.51. The summed E-state index contributed by atoms with van der Waals surface area (Å²) in [5.74, 6) is 1.61. The molecule has 0 unspecified atom stereocenters. The molecule has 0 fully saturated rings. The minimum Gasteiger partial charge on any atom is -0.342 e. The second-order valence-corrected chi connectivity index (χ2v) is 4.50. The third-order valence-electron chi connectivity index (χ3n) is 3.14. The first-order valence-electron chi connectivity index (χ1n) is 6.01. The predicted molar refractivity (Wildman–Crippen MR) is 71.3 cm³/mol. The number of nitrogens with one attached hydrogen (secondary N) is 1. The highest BCUT2D eigenvalue weighted by atomic mass is 15.5. The summed E-state index contributed by atoms with van der Waals surface area (Å²) in [5.41, 5.74) is 4.09. The van der Waals surface area contributed by atoms with E-state index in [9.17, 15) is 0 Å². The lowest BCUT2D eigenvalue weighted by atomic mass is 10.1. The summed E-state index contributed by atoms with van der Waals surface area (Å²) in [6.45, 7) is 4.01. The van der Waals surface area contributed by atoms with Gasteiger partial charge in [0.2, 0.25) is 0 Å². The van der Waals surface area contributed by atoms with E-state index >= 15 is 0 Å². The number of aromatic amines is 1. The van der Waals surface area contributed by atoms with Crippen LogP contribution in [-0.2, 0) is 7.05 Å². The second-order valence-electron chi connectivity index (χ2n) is 4.50. The molecule has 6 heteroatoms. The van der Waals surface area contributed by atoms with Gasteiger partial charge in [-0.3, -0.25) is 0 Å². The normalized spacial score (nSPS) is 10.9. The van der Waals surface area contributed by atoms with Gasteiger partial charge in [-0.25, -0.2) is 9.67 Å². The maximum Gasteiger partial charge on any atom is 0.181 e. The highest BCUT2D eigenvalue weighted by molar-refractivity contribution is 5.66. The van der Waals surface area contributed by atoms with Crippen molar-refractivity contribution in [3.8, 4) is 22.8 Å². The van der Waals surface area contributed by atoms with Gasteiger partial charge in [-0.05, 0) is 30.3 Å². The molecule has 0 aliphatic rings. The number of aryl methyl sites for hydroxylation is 3. The molecule has 0 amide bonds. The van der Waals surface area contributed by atoms with Crippen LogP contribution in [0, 0.1) is 13.8 Å². The molecule has 19 heavy (non-hydrogen) atoms. The molecule has 1 aromatic carbocycles. The molecule has 0 atom stereocenters. The molecule has 0 aliphatic heterocycles. The van der Waals surface area contributed by atoms with Gasteiger partial charge in [-0.1, -0.05) is 18.2 Å². The van der Waals surface area contributed by atoms with Gasteiger partial charge >= 0.3 is 0 Å². The van der Waals surface area contributed by atoms with E-state index < -0.39 is 0 Å². The largest absolute Gasteiger partial charge is 0.342 e. The monoisotopic (exact) mass is 254 g/mol. The zero-order valence-corrected chi connectivity index (χ0v) is 11.0. The Morgan fingerprint density at radius 3 is 2.58 bits per heavy atom. The Bertz CT molecular complexity index is 705. The first kappa shape index (κ1) is 11.6. The molecule has 0 saturated heterocycles. The summed E-state index contributed by atoms with van der Waals surface area (Å²) >= 11 is 0. The Morgan fingerprint density at radius 1 is 1.16 bits per heavy atom. The van der Waals surface area contributed by atoms with Crippen molar-refractivity contribution >= 4 is 0 Å². The number of benzene rings is 1. The summed E-state index contributed by atoms with van der Waals surface area (Å²) in [5, 5.41) is 11.5. The fourth-order valence-corrected chi connectivity index (χ4v) is 1.96. The highest BCUT2D eigenvalue weighted by Gasteiger charge is 2.09. The topological polar surface area (TPSA) is 72.3 Å². The van der Waals surface area contributed by atoms with Crippen molar-refractivity contribution in [2.45, 2.75) is 13.8 Å². The van der Waals surface area contributed by atoms with E-state index in [0.29, 0.717) is 0 Å². The minimum atomic E-state index is 0.738. The van der Waals surface area contributed by atoms with Crippen LogP contribution in [0.2, 0.25) is 0 Å². The molecule has 3 aromatic rings. The van der Waals surface area contributed by atoms with Crippen LogP contribution < -0.4 is 0 Å². The molecule has 0 aliphatic carbocycles. The summed E-state index contributed by atoms with van der Waals surface area (Å²) < 4.78 is 1.65. The van der Waals surface area contributed by atoms with Crippen LogP contribution in [0.1, 0.15) is 11.4 Å². The van der Waals surface area contributed by atoms with Crippen LogP contribution in [0.25, 0.3) is 22.8 Å². The molecule has 2 aromatic heterocycles. The highest BCUT2D eigenvalue weighted by Crippen LogP contribution is 2.23. The van der Waals surface area contributed by atoms with E-state index in [1.165, 1.54) is 0 Å². The Morgan fingerprint density at radius 2 is 1.95 bits per heavy atom. The quantitative estimate of drug-likeness (QED) is 0.758. The van der Waals surface area contributed by atoms with E-state index in [-0.39, 0.29) is 0 Å². The SMILES string of the molecule is Cc1nc(-c2cccc(-c3nnnn3C)c2)[nH]c1C. The summed E-state index contributed by atoms with van der Waals surface area (Å²) in [4.78, 5) is 7.79. The molecule has 1 N–H and O–H groups in total. The summed E-state index contributed by atoms with van der Waals surface area (Å²) in [7, 11) is 1.82. The predicted octanol–water partition coefficient (Wildman–Crippen LogP) is 1.88. The number of rotatable bonds is 2. The molecular formula is C13H14N6. The summed E-state index contributed by atoms with van der Waals surface area (Å²) in [6, 6.07) is 8.01. The van der Waals surface area contributed by atoms with Crippen LogP contribution in [0.4, 0.5) is 0 Å². The van der Waals surface area contributed by atoms with E-state index in [2.05, 4.69) is 25.5 Å². The Balaban J connectivity index is 2.08. The lowest BCUT2D eigenvalue weighted by molar-refractivity contribution is 0.714. The van der Waals surface area contributed by atoms with Crippen LogP contribution in [0.3, 0.4) is 0 Å². The second kappa shape index (κ2) is 4.31. The van der Waals surface area contributed by atoms with Crippen LogP contribution in [0.15, 0.2) is 24.3 Å². The van der Waals surface area contributed by atoms with Gasteiger partial charge in [0.1, 0.15) is 5.82 Å². The van der Waals surface area contributed by atoms with Crippen molar-refractivity contribution in [1.82, 2.24) is 30.2 Å². The van der Waals surface area contributed by atoms with Gasteiger partial charge in [-0.15, -0.1) is 5.10 Å². The third kappa shape index (κ3) is 2.01. The average Bonchev–Trinajstić information content (AvgIpc) is 2.97. The van der Waals surface area contributed by atoms with E-state index in [0.717, 1.165) is 34.2 Å². The number of nitrogens with zero attached hydrogens (tertiary/aromatic N) is 5. The number of H-pyrrole nitrogens is 1. The fourth-order valence-electron chi connectivity index (χ4n) is 1.96. The average molecular weight is 254 g/mol. The maximum atomic E-state index is 4.51. The zero-order valence-electron chi connectivity index (χ0n) is 11.0. The van der Waals surface area contributed by atoms with Crippen molar-refractivity contribution in [3.63, 3.8) is 0 Å². The van der Waals surface area contributed by atoms with Crippen LogP contribution in [0.5, 0.6) is 0 Å². The molecule has 0 spiro atoms. The van der Waals surface area contributed by atoms with Gasteiger partial charge in [-0.2, -0.15) is 0 Å². The van der Waals surface area contributed by atoms with Gasteiger partial charge in [0.25, 0.3) is 0 Å². The standard InChI is InChI=1S/C13H14N6/c1-8-9(2)15-12(14-8)10-5-4-6-11(7-10)13-16-17-18-19(13)3/h4-7H,1-3H3,(H,14,15). The lowest BCUT2D eigenvalue weighted by Crippen LogP contribution is -1.94. The number of hydrogen-bond donors (Lipinski definition) is 1. The van der Waals surface area contributed by atoms with Gasteiger partial charge in [0.05, 0.1) is 5.69 Å². The van der Waals surface area contributed by atoms with Crippen molar-refractivity contribution < 1.29 is 0 Å². The minimum absolute atomic E-state index is 0.738. The van der Waals surface area contributed by atoms with Crippen molar-refractivity contribution in [2.24, 2.45) is 7.05 Å². The molecule has 6 nitrogen and oxygen atoms in total. The lowest BCUT2D eigenvalue weighted by Gasteiger charge is -2.01. The molecule has 96 valence electrons. The number of imidazole rings is 1. The van der Waals surface area contributed by atoms with E-state index in [4.69, 9.17) is 0 Å². The zero-order chi connectivity index (χ0) is 13.4. The van der Waals surface area contributed by atoms with Crippen molar-refractivity contribution in [1.29, 1.82) is 0 Å². The molecular weight excluding hydrogens is 240 g/mol. The molecule has 3 rings (SSSR count). The molecule has 0 radical (unpaired) electrons. The number of tetrazole rings is 1. The van der Waals surface area contributed by atoms with E-state index in [1.807, 2.05) is 45.2 Å². The van der Waals surface area contributed by atoms with Crippen LogP contribution in [-0.4, -0.2) is 30.2 Å². The van der Waals surface area contributed by atoms with E-state index in [1.54, 1.807) is 4.68 Å². The Labute approximate surface area is 110 Å². The number of hydrogen-bond acceptors (Lipinski definition) is 4. The number of aromatic nitrogens is 6. The first-order chi connectivity index (χ1) is 9.15. The van der Waals surface area contributed by atoms with Gasteiger partial charge in [0, 0.05) is 23.9 Å². The van der Waals surface area contributed by atoms with Gasteiger partial charge < -0.3 is 4.98 Å². The Kier molecular flexibility index (Phi) is 2.63. The third-order valence-corrected chi connectivity index (χ3v) is 3.14. The van der Waals surface area contributed by atoms with Crippen molar-refractivity contribution in [2.75, 3.05) is 0 Å². The Hall–Kier alpha value is -2.50. The smallest absolute Gasteiger partial charge is 0.181 e. The van der Waals surface area contributed by atoms with Gasteiger partial charge in [0.15, 0.2) is 5.82 Å². The first-order valence-corrected chi connectivity index (χ1v) is 6.01. The fraction of sp³-hybridized carbons (Fsp3) is 0.231.